The molecule has 0 aliphatic rings. The molecule has 0 fully saturated rings. The zero-order valence-corrected chi connectivity index (χ0v) is 16.7. The van der Waals surface area contributed by atoms with Gasteiger partial charge in [-0.15, -0.1) is 0 Å². The molecule has 0 saturated carbocycles. The van der Waals surface area contributed by atoms with Crippen LogP contribution in [0.15, 0.2) is 70.1 Å². The maximum Gasteiger partial charge on any atom is 0.337 e. The SMILES string of the molecule is COC(=O)c1ccc(C=Nc2ccc3oc(-c4cccc(Cl)c4Cl)nc3c2)cc1. The van der Waals surface area contributed by atoms with E-state index in [1.54, 1.807) is 54.7 Å². The number of esters is 1. The number of carbonyl (C=O) groups excluding carboxylic acids is 1. The van der Waals surface area contributed by atoms with Crippen LogP contribution in [0.2, 0.25) is 10.0 Å². The highest BCUT2D eigenvalue weighted by atomic mass is 35.5. The first kappa shape index (κ1) is 19.2. The summed E-state index contributed by atoms with van der Waals surface area (Å²) in [5.74, 6) is 0.0209. The van der Waals surface area contributed by atoms with E-state index in [-0.39, 0.29) is 5.97 Å². The first-order valence-corrected chi connectivity index (χ1v) is 9.38. The van der Waals surface area contributed by atoms with Gasteiger partial charge in [-0.2, -0.15) is 0 Å². The van der Waals surface area contributed by atoms with Crippen LogP contribution >= 0.6 is 23.2 Å². The second-order valence-corrected chi connectivity index (χ2v) is 6.93. The van der Waals surface area contributed by atoms with E-state index >= 15 is 0 Å². The first-order valence-electron chi connectivity index (χ1n) is 8.62. The van der Waals surface area contributed by atoms with Gasteiger partial charge in [-0.05, 0) is 48.0 Å². The van der Waals surface area contributed by atoms with Gasteiger partial charge < -0.3 is 9.15 Å². The van der Waals surface area contributed by atoms with E-state index in [4.69, 9.17) is 32.4 Å². The Morgan fingerprint density at radius 3 is 2.66 bits per heavy atom. The van der Waals surface area contributed by atoms with Crippen molar-refractivity contribution in [1.29, 1.82) is 0 Å². The molecule has 0 atom stereocenters. The van der Waals surface area contributed by atoms with Crippen LogP contribution in [0.5, 0.6) is 0 Å². The van der Waals surface area contributed by atoms with Crippen LogP contribution in [-0.4, -0.2) is 24.3 Å². The molecular formula is C22H14Cl2N2O3. The number of carbonyl (C=O) groups is 1. The van der Waals surface area contributed by atoms with Gasteiger partial charge in [-0.3, -0.25) is 4.99 Å². The van der Waals surface area contributed by atoms with Crippen molar-refractivity contribution in [1.82, 2.24) is 4.98 Å². The van der Waals surface area contributed by atoms with E-state index in [9.17, 15) is 4.79 Å². The lowest BCUT2D eigenvalue weighted by atomic mass is 10.1. The predicted molar refractivity (Wildman–Crippen MR) is 115 cm³/mol. The topological polar surface area (TPSA) is 64.7 Å². The molecule has 0 unspecified atom stereocenters. The van der Waals surface area contributed by atoms with Gasteiger partial charge in [0.25, 0.3) is 0 Å². The summed E-state index contributed by atoms with van der Waals surface area (Å²) in [5.41, 5.74) is 3.96. The Morgan fingerprint density at radius 1 is 1.10 bits per heavy atom. The van der Waals surface area contributed by atoms with Crippen LogP contribution in [0.25, 0.3) is 22.6 Å². The molecule has 1 heterocycles. The van der Waals surface area contributed by atoms with E-state index in [1.165, 1.54) is 7.11 Å². The highest BCUT2D eigenvalue weighted by molar-refractivity contribution is 6.43. The van der Waals surface area contributed by atoms with Crippen molar-refractivity contribution in [2.75, 3.05) is 7.11 Å². The Labute approximate surface area is 176 Å². The van der Waals surface area contributed by atoms with Crippen LogP contribution < -0.4 is 0 Å². The van der Waals surface area contributed by atoms with Crippen molar-refractivity contribution < 1.29 is 13.9 Å². The quantitative estimate of drug-likeness (QED) is 0.283. The van der Waals surface area contributed by atoms with Gasteiger partial charge >= 0.3 is 5.97 Å². The molecule has 144 valence electrons. The van der Waals surface area contributed by atoms with Crippen LogP contribution in [-0.2, 0) is 4.74 Å². The van der Waals surface area contributed by atoms with Crippen LogP contribution in [0.3, 0.4) is 0 Å². The van der Waals surface area contributed by atoms with E-state index in [0.717, 1.165) is 5.56 Å². The van der Waals surface area contributed by atoms with Gasteiger partial charge in [0.15, 0.2) is 5.58 Å². The second-order valence-electron chi connectivity index (χ2n) is 6.14. The third-order valence-electron chi connectivity index (χ3n) is 4.25. The van der Waals surface area contributed by atoms with Crippen LogP contribution in [0.4, 0.5) is 5.69 Å². The van der Waals surface area contributed by atoms with Crippen molar-refractivity contribution in [3.63, 3.8) is 0 Å². The summed E-state index contributed by atoms with van der Waals surface area (Å²) in [6.07, 6.45) is 1.71. The van der Waals surface area contributed by atoms with Crippen LogP contribution in [0.1, 0.15) is 15.9 Å². The van der Waals surface area contributed by atoms with Gasteiger partial charge in [0.05, 0.1) is 34.0 Å². The van der Waals surface area contributed by atoms with Crippen molar-refractivity contribution in [3.8, 4) is 11.5 Å². The Morgan fingerprint density at radius 2 is 1.90 bits per heavy atom. The molecule has 3 aromatic carbocycles. The lowest BCUT2D eigenvalue weighted by Crippen LogP contribution is -2.00. The summed E-state index contributed by atoms with van der Waals surface area (Å²) in [4.78, 5) is 20.5. The fourth-order valence-corrected chi connectivity index (χ4v) is 3.13. The third-order valence-corrected chi connectivity index (χ3v) is 5.07. The molecular weight excluding hydrogens is 411 g/mol. The number of aliphatic imine (C=N–C) groups is 1. The highest BCUT2D eigenvalue weighted by Crippen LogP contribution is 2.35. The Balaban J connectivity index is 1.60. The zero-order chi connectivity index (χ0) is 20.4. The van der Waals surface area contributed by atoms with E-state index < -0.39 is 0 Å². The van der Waals surface area contributed by atoms with Gasteiger partial charge in [0.2, 0.25) is 5.89 Å². The van der Waals surface area contributed by atoms with Gasteiger partial charge in [-0.25, -0.2) is 9.78 Å². The molecule has 0 bridgehead atoms. The molecule has 0 radical (unpaired) electrons. The van der Waals surface area contributed by atoms with Crippen molar-refractivity contribution in [2.24, 2.45) is 4.99 Å². The lowest BCUT2D eigenvalue weighted by molar-refractivity contribution is 0.0600. The number of halogens is 2. The lowest BCUT2D eigenvalue weighted by Gasteiger charge is -2.00. The highest BCUT2D eigenvalue weighted by Gasteiger charge is 2.13. The number of nitrogens with zero attached hydrogens (tertiary/aromatic N) is 2. The molecule has 0 N–H and O–H groups in total. The average Bonchev–Trinajstić information content (AvgIpc) is 3.17. The van der Waals surface area contributed by atoms with E-state index in [1.807, 2.05) is 12.1 Å². The van der Waals surface area contributed by atoms with E-state index in [2.05, 4.69) is 9.98 Å². The maximum absolute atomic E-state index is 11.5. The zero-order valence-electron chi connectivity index (χ0n) is 15.2. The number of rotatable bonds is 4. The molecule has 0 saturated heterocycles. The second kappa shape index (κ2) is 8.07. The minimum atomic E-state index is -0.374. The molecule has 4 rings (SSSR count). The van der Waals surface area contributed by atoms with Gasteiger partial charge in [0.1, 0.15) is 5.52 Å². The number of oxazole rings is 1. The van der Waals surface area contributed by atoms with Crippen LogP contribution in [0, 0.1) is 0 Å². The fourth-order valence-electron chi connectivity index (χ4n) is 2.75. The maximum atomic E-state index is 11.5. The summed E-state index contributed by atoms with van der Waals surface area (Å²) in [7, 11) is 1.35. The van der Waals surface area contributed by atoms with Crippen molar-refractivity contribution >= 4 is 52.2 Å². The largest absolute Gasteiger partial charge is 0.465 e. The first-order chi connectivity index (χ1) is 14.0. The smallest absolute Gasteiger partial charge is 0.337 e. The standard InChI is InChI=1S/C22H14Cl2N2O3/c1-28-22(27)14-7-5-13(6-8-14)12-25-15-9-10-19-18(11-15)26-21(29-19)16-3-2-4-17(23)20(16)24/h2-12H,1H3. The Kier molecular flexibility index (Phi) is 5.34. The Bertz CT molecular complexity index is 1230. The Hall–Kier alpha value is -3.15. The summed E-state index contributed by atoms with van der Waals surface area (Å²) in [6, 6.07) is 17.7. The number of methoxy groups -OCH3 is 1. The van der Waals surface area contributed by atoms with Crippen molar-refractivity contribution in [2.45, 2.75) is 0 Å². The number of benzene rings is 3. The molecule has 7 heteroatoms. The number of hydrogen-bond donors (Lipinski definition) is 0. The average molecular weight is 425 g/mol. The molecule has 4 aromatic rings. The summed E-state index contributed by atoms with van der Waals surface area (Å²) in [5, 5.41) is 0.837. The number of ether oxygens (including phenoxy) is 1. The molecule has 5 nitrogen and oxygen atoms in total. The summed E-state index contributed by atoms with van der Waals surface area (Å²) in [6.45, 7) is 0. The number of aromatic nitrogens is 1. The molecule has 0 aliphatic heterocycles. The molecule has 0 amide bonds. The minimum Gasteiger partial charge on any atom is -0.465 e. The third kappa shape index (κ3) is 4.01. The molecule has 0 aliphatic carbocycles. The van der Waals surface area contributed by atoms with Crippen molar-refractivity contribution in [3.05, 3.63) is 81.8 Å². The number of hydrogen-bond acceptors (Lipinski definition) is 5. The molecule has 1 aromatic heterocycles. The normalized spacial score (nSPS) is 11.3. The monoisotopic (exact) mass is 424 g/mol. The minimum absolute atomic E-state index is 0.374. The number of fused-ring (bicyclic) bond motifs is 1. The van der Waals surface area contributed by atoms with E-state index in [0.29, 0.717) is 43.9 Å². The molecule has 29 heavy (non-hydrogen) atoms. The van der Waals surface area contributed by atoms with Gasteiger partial charge in [0, 0.05) is 6.21 Å². The predicted octanol–water partition coefficient (Wildman–Crippen LogP) is 6.34. The molecule has 0 spiro atoms. The fraction of sp³-hybridized carbons (Fsp3) is 0.0455. The summed E-state index contributed by atoms with van der Waals surface area (Å²) < 4.78 is 10.5. The van der Waals surface area contributed by atoms with Gasteiger partial charge in [-0.1, -0.05) is 41.4 Å². The summed E-state index contributed by atoms with van der Waals surface area (Å²) >= 11 is 12.3.